The van der Waals surface area contributed by atoms with E-state index in [1.54, 1.807) is 25.4 Å². The van der Waals surface area contributed by atoms with Crippen LogP contribution < -0.4 is 15.4 Å². The van der Waals surface area contributed by atoms with Crippen molar-refractivity contribution in [2.24, 2.45) is 0 Å². The fourth-order valence-corrected chi connectivity index (χ4v) is 2.17. The quantitative estimate of drug-likeness (QED) is 0.720. The summed E-state index contributed by atoms with van der Waals surface area (Å²) < 4.78 is 5.27. The third kappa shape index (κ3) is 4.29. The minimum absolute atomic E-state index is 0.238. The van der Waals surface area contributed by atoms with E-state index in [9.17, 15) is 4.79 Å². The van der Waals surface area contributed by atoms with E-state index in [0.717, 1.165) is 11.4 Å². The normalized spacial score (nSPS) is 10.1. The van der Waals surface area contributed by atoms with Gasteiger partial charge in [-0.15, -0.1) is 10.2 Å². The van der Waals surface area contributed by atoms with Gasteiger partial charge in [0.1, 0.15) is 5.75 Å². The summed E-state index contributed by atoms with van der Waals surface area (Å²) in [5, 5.41) is 13.9. The first-order valence-electron chi connectivity index (χ1n) is 7.68. The molecule has 7 nitrogen and oxygen atoms in total. The van der Waals surface area contributed by atoms with E-state index < -0.39 is 0 Å². The van der Waals surface area contributed by atoms with Crippen molar-refractivity contribution in [3.63, 3.8) is 0 Å². The van der Waals surface area contributed by atoms with Gasteiger partial charge in [0.15, 0.2) is 11.5 Å². The van der Waals surface area contributed by atoms with Crippen LogP contribution in [-0.2, 0) is 6.54 Å². The van der Waals surface area contributed by atoms with Gasteiger partial charge in [0.05, 0.1) is 25.0 Å². The largest absolute Gasteiger partial charge is 0.495 e. The van der Waals surface area contributed by atoms with Crippen LogP contribution in [0.2, 0.25) is 0 Å². The van der Waals surface area contributed by atoms with Crippen LogP contribution in [0.4, 0.5) is 11.5 Å². The lowest BCUT2D eigenvalue weighted by Crippen LogP contribution is -2.24. The lowest BCUT2D eigenvalue weighted by molar-refractivity contribution is 0.0944. The van der Waals surface area contributed by atoms with Crippen LogP contribution in [0.3, 0.4) is 0 Å². The van der Waals surface area contributed by atoms with Crippen LogP contribution in [0.5, 0.6) is 5.75 Å². The van der Waals surface area contributed by atoms with Gasteiger partial charge >= 0.3 is 0 Å². The number of anilines is 2. The van der Waals surface area contributed by atoms with Crippen molar-refractivity contribution in [1.29, 1.82) is 0 Å². The molecule has 7 heteroatoms. The molecule has 1 aromatic carbocycles. The van der Waals surface area contributed by atoms with Crippen molar-refractivity contribution in [1.82, 2.24) is 20.5 Å². The van der Waals surface area contributed by atoms with Crippen molar-refractivity contribution in [3.05, 3.63) is 72.2 Å². The Morgan fingerprint density at radius 1 is 1.04 bits per heavy atom. The number of pyridine rings is 1. The van der Waals surface area contributed by atoms with Gasteiger partial charge in [-0.05, 0) is 36.4 Å². The topological polar surface area (TPSA) is 89.0 Å². The molecule has 0 atom stereocenters. The molecule has 3 rings (SSSR count). The molecule has 3 aromatic rings. The van der Waals surface area contributed by atoms with Crippen molar-refractivity contribution >= 4 is 17.4 Å². The Morgan fingerprint density at radius 3 is 2.60 bits per heavy atom. The zero-order valence-corrected chi connectivity index (χ0v) is 13.6. The Morgan fingerprint density at radius 2 is 1.88 bits per heavy atom. The van der Waals surface area contributed by atoms with Gasteiger partial charge in [-0.2, -0.15) is 0 Å². The van der Waals surface area contributed by atoms with Crippen molar-refractivity contribution in [2.75, 3.05) is 12.4 Å². The summed E-state index contributed by atoms with van der Waals surface area (Å²) in [6.45, 7) is 0.336. The lowest BCUT2D eigenvalue weighted by atomic mass is 10.3. The summed E-state index contributed by atoms with van der Waals surface area (Å²) in [5.41, 5.74) is 1.78. The summed E-state index contributed by atoms with van der Waals surface area (Å²) in [4.78, 5) is 16.3. The smallest absolute Gasteiger partial charge is 0.272 e. The van der Waals surface area contributed by atoms with E-state index in [4.69, 9.17) is 4.74 Å². The first kappa shape index (κ1) is 16.4. The van der Waals surface area contributed by atoms with E-state index in [-0.39, 0.29) is 11.6 Å². The Kier molecular flexibility index (Phi) is 5.16. The highest BCUT2D eigenvalue weighted by atomic mass is 16.5. The maximum Gasteiger partial charge on any atom is 0.272 e. The molecule has 0 unspecified atom stereocenters. The third-order valence-electron chi connectivity index (χ3n) is 3.42. The summed E-state index contributed by atoms with van der Waals surface area (Å²) in [6, 6.07) is 16.3. The third-order valence-corrected chi connectivity index (χ3v) is 3.42. The molecule has 126 valence electrons. The van der Waals surface area contributed by atoms with Gasteiger partial charge in [-0.1, -0.05) is 18.2 Å². The molecule has 0 aliphatic rings. The zero-order valence-electron chi connectivity index (χ0n) is 13.6. The highest BCUT2D eigenvalue weighted by Crippen LogP contribution is 2.25. The number of nitrogens with one attached hydrogen (secondary N) is 2. The molecule has 0 saturated carbocycles. The number of amides is 1. The predicted octanol–water partition coefficient (Wildman–Crippen LogP) is 2.55. The number of carbonyl (C=O) groups is 1. The van der Waals surface area contributed by atoms with Crippen molar-refractivity contribution in [3.8, 4) is 5.75 Å². The second-order valence-electron chi connectivity index (χ2n) is 5.13. The van der Waals surface area contributed by atoms with Gasteiger partial charge in [0.25, 0.3) is 5.91 Å². The molecule has 0 saturated heterocycles. The molecule has 0 radical (unpaired) electrons. The summed E-state index contributed by atoms with van der Waals surface area (Å²) in [5.74, 6) is 0.911. The number of hydrogen-bond donors (Lipinski definition) is 2. The molecule has 1 amide bonds. The van der Waals surface area contributed by atoms with Crippen LogP contribution in [-0.4, -0.2) is 28.2 Å². The van der Waals surface area contributed by atoms with Crippen LogP contribution in [0, 0.1) is 0 Å². The molecule has 2 N–H and O–H groups in total. The molecule has 0 bridgehead atoms. The monoisotopic (exact) mass is 335 g/mol. The first-order chi connectivity index (χ1) is 12.3. The summed E-state index contributed by atoms with van der Waals surface area (Å²) in [6.07, 6.45) is 1.68. The Hall–Kier alpha value is -3.48. The number of aromatic nitrogens is 3. The number of hydrogen-bond acceptors (Lipinski definition) is 6. The molecule has 25 heavy (non-hydrogen) atoms. The molecule has 0 aliphatic carbocycles. The number of rotatable bonds is 6. The van der Waals surface area contributed by atoms with E-state index in [0.29, 0.717) is 18.1 Å². The minimum Gasteiger partial charge on any atom is -0.495 e. The second-order valence-corrected chi connectivity index (χ2v) is 5.13. The van der Waals surface area contributed by atoms with Crippen LogP contribution >= 0.6 is 0 Å². The fraction of sp³-hybridized carbons (Fsp3) is 0.111. The fourth-order valence-electron chi connectivity index (χ4n) is 2.17. The molecule has 0 aliphatic heterocycles. The molecule has 0 spiro atoms. The van der Waals surface area contributed by atoms with Crippen LogP contribution in [0.25, 0.3) is 0 Å². The van der Waals surface area contributed by atoms with E-state index >= 15 is 0 Å². The molecule has 2 aromatic heterocycles. The van der Waals surface area contributed by atoms with Gasteiger partial charge in [-0.3, -0.25) is 9.78 Å². The molecule has 0 fully saturated rings. The van der Waals surface area contributed by atoms with Gasteiger partial charge in [-0.25, -0.2) is 0 Å². The Bertz CT molecular complexity index is 838. The second kappa shape index (κ2) is 7.87. The van der Waals surface area contributed by atoms with E-state index in [1.807, 2.05) is 42.5 Å². The number of benzene rings is 1. The first-order valence-corrected chi connectivity index (χ1v) is 7.68. The minimum atomic E-state index is -0.304. The van der Waals surface area contributed by atoms with Crippen molar-refractivity contribution < 1.29 is 9.53 Å². The van der Waals surface area contributed by atoms with Gasteiger partial charge in [0, 0.05) is 6.20 Å². The van der Waals surface area contributed by atoms with Gasteiger partial charge < -0.3 is 15.4 Å². The average molecular weight is 335 g/mol. The maximum atomic E-state index is 12.1. The number of carbonyl (C=O) groups excluding carboxylic acids is 1. The van der Waals surface area contributed by atoms with Crippen LogP contribution in [0.15, 0.2) is 60.8 Å². The van der Waals surface area contributed by atoms with E-state index in [1.165, 1.54) is 0 Å². The molecule has 2 heterocycles. The summed E-state index contributed by atoms with van der Waals surface area (Å²) in [7, 11) is 1.60. The average Bonchev–Trinajstić information content (AvgIpc) is 2.68. The Labute approximate surface area is 145 Å². The molecular weight excluding hydrogens is 318 g/mol. The zero-order chi connectivity index (χ0) is 17.5. The summed E-state index contributed by atoms with van der Waals surface area (Å²) >= 11 is 0. The van der Waals surface area contributed by atoms with E-state index in [2.05, 4.69) is 25.8 Å². The SMILES string of the molecule is COc1ccccc1Nc1ccc(C(=O)NCc2ccccn2)nn1. The lowest BCUT2D eigenvalue weighted by Gasteiger charge is -2.10. The maximum absolute atomic E-state index is 12.1. The standard InChI is InChI=1S/C18H17N5O2/c1-25-16-8-3-2-7-14(16)21-17-10-9-15(22-23-17)18(24)20-12-13-6-4-5-11-19-13/h2-11H,12H2,1H3,(H,20,24)(H,21,23). The van der Waals surface area contributed by atoms with Gasteiger partial charge in [0.2, 0.25) is 0 Å². The highest BCUT2D eigenvalue weighted by molar-refractivity contribution is 5.92. The number of para-hydroxylation sites is 2. The number of methoxy groups -OCH3 is 1. The predicted molar refractivity (Wildman–Crippen MR) is 93.7 cm³/mol. The van der Waals surface area contributed by atoms with Crippen LogP contribution in [0.1, 0.15) is 16.2 Å². The number of nitrogens with zero attached hydrogens (tertiary/aromatic N) is 3. The highest BCUT2D eigenvalue weighted by Gasteiger charge is 2.09. The Balaban J connectivity index is 1.62. The molecular formula is C18H17N5O2. The number of ether oxygens (including phenoxy) is 1. The van der Waals surface area contributed by atoms with Crippen molar-refractivity contribution in [2.45, 2.75) is 6.54 Å².